The molecule has 3 heteroatoms. The van der Waals surface area contributed by atoms with Crippen molar-refractivity contribution in [3.05, 3.63) is 0 Å². The lowest BCUT2D eigenvalue weighted by molar-refractivity contribution is -0.150. The van der Waals surface area contributed by atoms with Crippen LogP contribution in [-0.2, 0) is 4.74 Å². The Morgan fingerprint density at radius 3 is 2.39 bits per heavy atom. The lowest BCUT2D eigenvalue weighted by Gasteiger charge is -2.50. The second kappa shape index (κ2) is 5.10. The molecule has 3 fully saturated rings. The quantitative estimate of drug-likeness (QED) is 0.819. The van der Waals surface area contributed by atoms with Crippen molar-refractivity contribution in [2.75, 3.05) is 13.7 Å². The van der Waals surface area contributed by atoms with Crippen LogP contribution in [0.15, 0.2) is 0 Å². The molecule has 2 aliphatic carbocycles. The molecule has 0 radical (unpaired) electrons. The van der Waals surface area contributed by atoms with Gasteiger partial charge >= 0.3 is 0 Å². The van der Waals surface area contributed by atoms with Crippen molar-refractivity contribution in [3.63, 3.8) is 0 Å². The average Bonchev–Trinajstić information content (AvgIpc) is 2.37. The van der Waals surface area contributed by atoms with E-state index in [0.717, 1.165) is 18.7 Å². The zero-order valence-corrected chi connectivity index (χ0v) is 11.7. The summed E-state index contributed by atoms with van der Waals surface area (Å²) in [6.07, 6.45) is 11.5. The number of nitrogens with zero attached hydrogens (tertiary/aromatic N) is 1. The first kappa shape index (κ1) is 12.9. The highest BCUT2D eigenvalue weighted by Gasteiger charge is 2.44. The molecule has 104 valence electrons. The van der Waals surface area contributed by atoms with Crippen LogP contribution in [0, 0.1) is 0 Å². The highest BCUT2D eigenvalue weighted by atomic mass is 16.5. The molecular weight excluding hydrogens is 224 g/mol. The Morgan fingerprint density at radius 2 is 1.78 bits per heavy atom. The predicted octanol–water partition coefficient (Wildman–Crippen LogP) is 2.29. The molecule has 0 aromatic heterocycles. The molecule has 1 spiro atoms. The van der Waals surface area contributed by atoms with Gasteiger partial charge in [-0.1, -0.05) is 0 Å². The van der Waals surface area contributed by atoms with Gasteiger partial charge in [-0.2, -0.15) is 0 Å². The van der Waals surface area contributed by atoms with Crippen molar-refractivity contribution >= 4 is 0 Å². The van der Waals surface area contributed by atoms with E-state index in [0.29, 0.717) is 6.04 Å². The molecule has 1 aliphatic heterocycles. The summed E-state index contributed by atoms with van der Waals surface area (Å²) in [5, 5.41) is 0. The molecule has 2 N–H and O–H groups in total. The molecular formula is C15H28N2O. The first-order valence-corrected chi connectivity index (χ1v) is 7.80. The number of nitrogens with two attached hydrogens (primary N) is 1. The van der Waals surface area contributed by atoms with E-state index in [2.05, 4.69) is 11.9 Å². The van der Waals surface area contributed by atoms with Gasteiger partial charge < -0.3 is 15.4 Å². The van der Waals surface area contributed by atoms with Crippen molar-refractivity contribution in [2.45, 2.75) is 81.5 Å². The van der Waals surface area contributed by atoms with E-state index in [1.807, 2.05) is 0 Å². The van der Waals surface area contributed by atoms with Crippen LogP contribution in [-0.4, -0.2) is 42.3 Å². The Labute approximate surface area is 111 Å². The molecule has 3 rings (SSSR count). The maximum absolute atomic E-state index is 6.04. The van der Waals surface area contributed by atoms with Crippen molar-refractivity contribution in [1.82, 2.24) is 4.90 Å². The molecule has 0 amide bonds. The molecule has 0 aromatic carbocycles. The van der Waals surface area contributed by atoms with Crippen LogP contribution >= 0.6 is 0 Å². The molecule has 1 saturated heterocycles. The third-order valence-electron chi connectivity index (χ3n) is 5.63. The minimum atomic E-state index is 0.280. The maximum atomic E-state index is 6.04. The molecule has 0 aromatic rings. The number of rotatable bonds is 2. The zero-order chi connectivity index (χ0) is 12.6. The van der Waals surface area contributed by atoms with Gasteiger partial charge in [0.1, 0.15) is 0 Å². The van der Waals surface area contributed by atoms with Gasteiger partial charge in [-0.25, -0.2) is 0 Å². The zero-order valence-electron chi connectivity index (χ0n) is 11.7. The monoisotopic (exact) mass is 252 g/mol. The first-order valence-electron chi connectivity index (χ1n) is 7.80. The summed E-state index contributed by atoms with van der Waals surface area (Å²) < 4.78 is 6.04. The van der Waals surface area contributed by atoms with Crippen LogP contribution in [0.25, 0.3) is 0 Å². The van der Waals surface area contributed by atoms with E-state index in [1.54, 1.807) is 0 Å². The van der Waals surface area contributed by atoms with E-state index >= 15 is 0 Å². The van der Waals surface area contributed by atoms with E-state index in [-0.39, 0.29) is 5.60 Å². The van der Waals surface area contributed by atoms with E-state index in [1.165, 1.54) is 57.8 Å². The van der Waals surface area contributed by atoms with Gasteiger partial charge in [0.25, 0.3) is 0 Å². The van der Waals surface area contributed by atoms with Crippen LogP contribution in [0.5, 0.6) is 0 Å². The van der Waals surface area contributed by atoms with Crippen LogP contribution in [0.3, 0.4) is 0 Å². The fourth-order valence-electron chi connectivity index (χ4n) is 4.08. The first-order chi connectivity index (χ1) is 8.69. The van der Waals surface area contributed by atoms with Gasteiger partial charge in [0.2, 0.25) is 0 Å². The molecule has 3 aliphatic rings. The molecule has 3 nitrogen and oxygen atoms in total. The van der Waals surface area contributed by atoms with Gasteiger partial charge in [0, 0.05) is 24.7 Å². The van der Waals surface area contributed by atoms with Gasteiger partial charge in [-0.05, 0) is 64.8 Å². The highest BCUT2D eigenvalue weighted by Crippen LogP contribution is 2.43. The standard InChI is InChI=1S/C15H28N2O/c1-17(13-5-3-12(16)4-6-13)14-7-10-18-15(11-14)8-2-9-15/h12-14H,2-11,16H2,1H3. The Morgan fingerprint density at radius 1 is 1.06 bits per heavy atom. The van der Waals surface area contributed by atoms with Crippen molar-refractivity contribution in [3.8, 4) is 0 Å². The molecule has 0 bridgehead atoms. The highest BCUT2D eigenvalue weighted by molar-refractivity contribution is 4.97. The summed E-state index contributed by atoms with van der Waals surface area (Å²) >= 11 is 0. The summed E-state index contributed by atoms with van der Waals surface area (Å²) in [6, 6.07) is 1.98. The van der Waals surface area contributed by atoms with E-state index < -0.39 is 0 Å². The second-order valence-corrected chi connectivity index (χ2v) is 6.77. The van der Waals surface area contributed by atoms with Crippen molar-refractivity contribution < 1.29 is 4.74 Å². The smallest absolute Gasteiger partial charge is 0.0697 e. The fraction of sp³-hybridized carbons (Fsp3) is 1.00. The molecule has 1 unspecified atom stereocenters. The number of hydrogen-bond donors (Lipinski definition) is 1. The molecule has 2 saturated carbocycles. The van der Waals surface area contributed by atoms with Crippen LogP contribution in [0.4, 0.5) is 0 Å². The van der Waals surface area contributed by atoms with E-state index in [4.69, 9.17) is 10.5 Å². The Hall–Kier alpha value is -0.120. The third kappa shape index (κ3) is 2.45. The lowest BCUT2D eigenvalue weighted by Crippen LogP contribution is -2.54. The van der Waals surface area contributed by atoms with Crippen LogP contribution < -0.4 is 5.73 Å². The topological polar surface area (TPSA) is 38.5 Å². The Bertz CT molecular complexity index is 282. The second-order valence-electron chi connectivity index (χ2n) is 6.77. The van der Waals surface area contributed by atoms with Crippen molar-refractivity contribution in [2.24, 2.45) is 5.73 Å². The van der Waals surface area contributed by atoms with Crippen molar-refractivity contribution in [1.29, 1.82) is 0 Å². The summed E-state index contributed by atoms with van der Waals surface area (Å²) in [7, 11) is 2.34. The largest absolute Gasteiger partial charge is 0.375 e. The summed E-state index contributed by atoms with van der Waals surface area (Å²) in [5.41, 5.74) is 6.29. The Kier molecular flexibility index (Phi) is 3.65. The molecule has 18 heavy (non-hydrogen) atoms. The van der Waals surface area contributed by atoms with Gasteiger partial charge in [0.05, 0.1) is 5.60 Å². The summed E-state index contributed by atoms with van der Waals surface area (Å²) in [4.78, 5) is 2.66. The molecule has 1 heterocycles. The number of hydrogen-bond acceptors (Lipinski definition) is 3. The lowest BCUT2D eigenvalue weighted by atomic mass is 9.73. The minimum Gasteiger partial charge on any atom is -0.375 e. The van der Waals surface area contributed by atoms with Gasteiger partial charge in [-0.3, -0.25) is 0 Å². The van der Waals surface area contributed by atoms with Gasteiger partial charge in [0.15, 0.2) is 0 Å². The SMILES string of the molecule is CN(C1CCC(N)CC1)C1CCOC2(CCC2)C1. The summed E-state index contributed by atoms with van der Waals surface area (Å²) in [6.45, 7) is 0.973. The normalized spacial score (nSPS) is 39.8. The predicted molar refractivity (Wildman–Crippen MR) is 73.6 cm³/mol. The minimum absolute atomic E-state index is 0.280. The summed E-state index contributed by atoms with van der Waals surface area (Å²) in [5.74, 6) is 0. The fourth-order valence-corrected chi connectivity index (χ4v) is 4.08. The van der Waals surface area contributed by atoms with Crippen LogP contribution in [0.2, 0.25) is 0 Å². The number of ether oxygens (including phenoxy) is 1. The average molecular weight is 252 g/mol. The third-order valence-corrected chi connectivity index (χ3v) is 5.63. The maximum Gasteiger partial charge on any atom is 0.0697 e. The van der Waals surface area contributed by atoms with Crippen LogP contribution in [0.1, 0.15) is 57.8 Å². The Balaban J connectivity index is 1.56. The molecule has 1 atom stereocenters. The van der Waals surface area contributed by atoms with E-state index in [9.17, 15) is 0 Å². The van der Waals surface area contributed by atoms with Gasteiger partial charge in [-0.15, -0.1) is 0 Å².